The molecule has 3 aromatic rings. The second-order valence-corrected chi connectivity index (χ2v) is 9.65. The van der Waals surface area contributed by atoms with Crippen LogP contribution in [0.15, 0.2) is 42.9 Å². The Kier molecular flexibility index (Phi) is 6.95. The first-order valence-electron chi connectivity index (χ1n) is 11.7. The average Bonchev–Trinajstić information content (AvgIpc) is 3.33. The zero-order valence-corrected chi connectivity index (χ0v) is 20.9. The molecule has 2 aromatic heterocycles. The van der Waals surface area contributed by atoms with Crippen LogP contribution in [0.4, 0.5) is 15.8 Å². The molecule has 1 N–H and O–H groups in total. The van der Waals surface area contributed by atoms with E-state index in [0.29, 0.717) is 24.5 Å². The zero-order chi connectivity index (χ0) is 25.2. The van der Waals surface area contributed by atoms with E-state index in [1.807, 2.05) is 23.8 Å². The third kappa shape index (κ3) is 5.39. The molecule has 0 spiro atoms. The monoisotopic (exact) mass is 474 g/mol. The highest BCUT2D eigenvalue weighted by Crippen LogP contribution is 2.32. The molecular formula is C28H31FN4O2. The number of morpholine rings is 1. The van der Waals surface area contributed by atoms with Gasteiger partial charge in [0.05, 0.1) is 30.2 Å². The Morgan fingerprint density at radius 3 is 2.60 bits per heavy atom. The van der Waals surface area contributed by atoms with Gasteiger partial charge in [-0.1, -0.05) is 5.92 Å². The van der Waals surface area contributed by atoms with Gasteiger partial charge in [0, 0.05) is 42.8 Å². The lowest BCUT2D eigenvalue weighted by Crippen LogP contribution is -2.36. The second kappa shape index (κ2) is 9.93. The molecule has 0 bridgehead atoms. The van der Waals surface area contributed by atoms with E-state index in [-0.39, 0.29) is 17.1 Å². The molecule has 4 rings (SSSR count). The summed E-state index contributed by atoms with van der Waals surface area (Å²) >= 11 is 0. The van der Waals surface area contributed by atoms with Crippen LogP contribution in [0.3, 0.4) is 0 Å². The fourth-order valence-corrected chi connectivity index (χ4v) is 4.08. The predicted molar refractivity (Wildman–Crippen MR) is 137 cm³/mol. The van der Waals surface area contributed by atoms with Crippen molar-refractivity contribution in [3.8, 4) is 23.0 Å². The molecule has 1 amide bonds. The summed E-state index contributed by atoms with van der Waals surface area (Å²) in [6.07, 6.45) is 5.37. The molecule has 1 aliphatic heterocycles. The van der Waals surface area contributed by atoms with Crippen molar-refractivity contribution >= 4 is 17.3 Å². The van der Waals surface area contributed by atoms with E-state index in [1.54, 1.807) is 31.5 Å². The first-order chi connectivity index (χ1) is 16.7. The van der Waals surface area contributed by atoms with Gasteiger partial charge in [0.1, 0.15) is 11.5 Å². The number of amides is 1. The number of ether oxygens (including phenoxy) is 1. The summed E-state index contributed by atoms with van der Waals surface area (Å²) in [4.78, 5) is 19.7. The number of aromatic nitrogens is 2. The van der Waals surface area contributed by atoms with Gasteiger partial charge in [-0.2, -0.15) is 0 Å². The number of aryl methyl sites for hydroxylation is 1. The van der Waals surface area contributed by atoms with Gasteiger partial charge >= 0.3 is 0 Å². The Morgan fingerprint density at radius 1 is 1.20 bits per heavy atom. The summed E-state index contributed by atoms with van der Waals surface area (Å²) in [6, 6.07) is 6.89. The standard InChI is InChI=1S/C28H31FN4O2/c1-6-7-24-26(32-10-12-35-13-11-32)15-21(17-30-24)22-16-25(23(29)14-19(22)2)31-27(34)20-8-9-33(18-20)28(3,4)5/h8-9,14-18H,10-13H2,1-5H3,(H,31,34). The number of halogens is 1. The van der Waals surface area contributed by atoms with E-state index in [0.717, 1.165) is 35.5 Å². The maximum absolute atomic E-state index is 14.9. The van der Waals surface area contributed by atoms with Crippen LogP contribution < -0.4 is 10.2 Å². The lowest BCUT2D eigenvalue weighted by Gasteiger charge is -2.29. The van der Waals surface area contributed by atoms with E-state index >= 15 is 0 Å². The fourth-order valence-electron chi connectivity index (χ4n) is 4.08. The second-order valence-electron chi connectivity index (χ2n) is 9.65. The van der Waals surface area contributed by atoms with Gasteiger partial charge in [-0.25, -0.2) is 9.37 Å². The Morgan fingerprint density at radius 2 is 1.94 bits per heavy atom. The van der Waals surface area contributed by atoms with Crippen molar-refractivity contribution in [3.63, 3.8) is 0 Å². The van der Waals surface area contributed by atoms with Crippen LogP contribution in [-0.2, 0) is 10.3 Å². The van der Waals surface area contributed by atoms with E-state index in [1.165, 1.54) is 6.07 Å². The van der Waals surface area contributed by atoms with Gasteiger partial charge in [-0.3, -0.25) is 4.79 Å². The van der Waals surface area contributed by atoms with Crippen molar-refractivity contribution in [2.24, 2.45) is 0 Å². The highest BCUT2D eigenvalue weighted by molar-refractivity contribution is 6.04. The van der Waals surface area contributed by atoms with Crippen LogP contribution in [-0.4, -0.2) is 41.8 Å². The SMILES string of the molecule is CC#Cc1ncc(-c2cc(NC(=O)c3ccn(C(C)(C)C)c3)c(F)cc2C)cc1N1CCOCC1. The van der Waals surface area contributed by atoms with Crippen LogP contribution in [0.25, 0.3) is 11.1 Å². The quantitative estimate of drug-likeness (QED) is 0.527. The first kappa shape index (κ1) is 24.5. The number of hydrogen-bond acceptors (Lipinski definition) is 4. The van der Waals surface area contributed by atoms with Crippen molar-refractivity contribution in [3.05, 3.63) is 65.5 Å². The summed E-state index contributed by atoms with van der Waals surface area (Å²) in [5.74, 6) is 5.17. The Balaban J connectivity index is 1.68. The highest BCUT2D eigenvalue weighted by atomic mass is 19.1. The van der Waals surface area contributed by atoms with Crippen LogP contribution in [0.1, 0.15) is 49.3 Å². The van der Waals surface area contributed by atoms with Crippen molar-refractivity contribution < 1.29 is 13.9 Å². The molecule has 0 saturated carbocycles. The third-order valence-electron chi connectivity index (χ3n) is 6.07. The number of pyridine rings is 1. The molecular weight excluding hydrogens is 443 g/mol. The Bertz CT molecular complexity index is 1300. The van der Waals surface area contributed by atoms with Gasteiger partial charge < -0.3 is 19.5 Å². The molecule has 0 atom stereocenters. The van der Waals surface area contributed by atoms with Crippen molar-refractivity contribution in [2.45, 2.75) is 40.2 Å². The maximum atomic E-state index is 14.9. The fraction of sp³-hybridized carbons (Fsp3) is 0.357. The zero-order valence-electron chi connectivity index (χ0n) is 20.9. The van der Waals surface area contributed by atoms with Crippen molar-refractivity contribution in [1.82, 2.24) is 9.55 Å². The molecule has 182 valence electrons. The summed E-state index contributed by atoms with van der Waals surface area (Å²) in [5.41, 5.74) is 4.47. The van der Waals surface area contributed by atoms with Gasteiger partial charge in [0.25, 0.3) is 5.91 Å². The van der Waals surface area contributed by atoms with Crippen LogP contribution in [0.2, 0.25) is 0 Å². The van der Waals surface area contributed by atoms with E-state index in [4.69, 9.17) is 4.74 Å². The molecule has 3 heterocycles. The summed E-state index contributed by atoms with van der Waals surface area (Å²) < 4.78 is 22.3. The number of nitrogens with zero attached hydrogens (tertiary/aromatic N) is 3. The van der Waals surface area contributed by atoms with Crippen molar-refractivity contribution in [1.29, 1.82) is 0 Å². The van der Waals surface area contributed by atoms with Gasteiger partial charge in [-0.15, -0.1) is 0 Å². The Labute approximate surface area is 206 Å². The van der Waals surface area contributed by atoms with Crippen LogP contribution >= 0.6 is 0 Å². The number of carbonyl (C=O) groups excluding carboxylic acids is 1. The largest absolute Gasteiger partial charge is 0.378 e. The number of carbonyl (C=O) groups is 1. The molecule has 1 aliphatic rings. The normalized spacial score (nSPS) is 13.8. The average molecular weight is 475 g/mol. The smallest absolute Gasteiger partial charge is 0.257 e. The molecule has 7 heteroatoms. The minimum absolute atomic E-state index is 0.129. The molecule has 1 fully saturated rings. The summed E-state index contributed by atoms with van der Waals surface area (Å²) in [6.45, 7) is 12.6. The minimum Gasteiger partial charge on any atom is -0.378 e. The van der Waals surface area contributed by atoms with Gasteiger partial charge in [0.2, 0.25) is 0 Å². The highest BCUT2D eigenvalue weighted by Gasteiger charge is 2.19. The predicted octanol–water partition coefficient (Wildman–Crippen LogP) is 5.21. The van der Waals surface area contributed by atoms with E-state index in [2.05, 4.69) is 47.8 Å². The number of hydrogen-bond donors (Lipinski definition) is 1. The molecule has 0 aliphatic carbocycles. The molecule has 6 nitrogen and oxygen atoms in total. The van der Waals surface area contributed by atoms with E-state index < -0.39 is 5.82 Å². The number of anilines is 2. The molecule has 0 unspecified atom stereocenters. The van der Waals surface area contributed by atoms with Gasteiger partial charge in [-0.05, 0) is 75.9 Å². The molecule has 1 saturated heterocycles. The lowest BCUT2D eigenvalue weighted by molar-refractivity contribution is 0.102. The molecule has 0 radical (unpaired) electrons. The Hall–Kier alpha value is -3.63. The van der Waals surface area contributed by atoms with Crippen LogP contribution in [0.5, 0.6) is 0 Å². The topological polar surface area (TPSA) is 59.4 Å². The van der Waals surface area contributed by atoms with Gasteiger partial charge in [0.15, 0.2) is 0 Å². The van der Waals surface area contributed by atoms with E-state index in [9.17, 15) is 9.18 Å². The molecule has 35 heavy (non-hydrogen) atoms. The van der Waals surface area contributed by atoms with Crippen molar-refractivity contribution in [2.75, 3.05) is 36.5 Å². The molecule has 1 aromatic carbocycles. The summed E-state index contributed by atoms with van der Waals surface area (Å²) in [5, 5.41) is 2.74. The van der Waals surface area contributed by atoms with Crippen LogP contribution in [0, 0.1) is 24.6 Å². The number of nitrogens with one attached hydrogen (secondary N) is 1. The maximum Gasteiger partial charge on any atom is 0.257 e. The first-order valence-corrected chi connectivity index (χ1v) is 11.7. The summed E-state index contributed by atoms with van der Waals surface area (Å²) in [7, 11) is 0. The lowest BCUT2D eigenvalue weighted by atomic mass is 9.99. The minimum atomic E-state index is -0.482. The third-order valence-corrected chi connectivity index (χ3v) is 6.07. The number of benzene rings is 1. The number of rotatable bonds is 4.